The second-order valence-electron chi connectivity index (χ2n) is 3.88. The lowest BCUT2D eigenvalue weighted by atomic mass is 10.1. The molecule has 0 bridgehead atoms. The van der Waals surface area contributed by atoms with Gasteiger partial charge in [-0.3, -0.25) is 4.79 Å². The second kappa shape index (κ2) is 4.48. The van der Waals surface area contributed by atoms with Crippen LogP contribution < -0.4 is 0 Å². The molecule has 6 heteroatoms. The van der Waals surface area contributed by atoms with Crippen LogP contribution in [0.4, 0.5) is 0 Å². The van der Waals surface area contributed by atoms with Crippen LogP contribution >= 0.6 is 0 Å². The van der Waals surface area contributed by atoms with Crippen LogP contribution in [0.25, 0.3) is 5.52 Å². The molecule has 0 saturated heterocycles. The summed E-state index contributed by atoms with van der Waals surface area (Å²) < 4.78 is 1.52. The van der Waals surface area contributed by atoms with E-state index in [-0.39, 0.29) is 11.5 Å². The number of carboxylic acids is 2. The number of aliphatic carboxylic acids is 1. The molecule has 0 aliphatic heterocycles. The standard InChI is InChI=1S/C12H12N2O4/c1-2-7(11(15)16)10-13-9(12(17)18)8-5-3-4-6-14(8)10/h3-7H,2H2,1H3,(H,15,16)(H,17,18). The Bertz CT molecular complexity index is 618. The minimum atomic E-state index is -1.16. The average Bonchev–Trinajstić information content (AvgIpc) is 2.70. The number of rotatable bonds is 4. The normalized spacial score (nSPS) is 12.5. The number of aromatic nitrogens is 2. The summed E-state index contributed by atoms with van der Waals surface area (Å²) in [4.78, 5) is 26.2. The van der Waals surface area contributed by atoms with Crippen LogP contribution in [0, 0.1) is 0 Å². The first-order valence-corrected chi connectivity index (χ1v) is 5.49. The molecule has 0 aromatic carbocycles. The molecule has 6 nitrogen and oxygen atoms in total. The predicted molar refractivity (Wildman–Crippen MR) is 62.8 cm³/mol. The smallest absolute Gasteiger partial charge is 0.356 e. The minimum Gasteiger partial charge on any atom is -0.481 e. The number of nitrogens with zero attached hydrogens (tertiary/aromatic N) is 2. The Morgan fingerprint density at radius 3 is 2.67 bits per heavy atom. The Hall–Kier alpha value is -2.37. The SMILES string of the molecule is CCC(C(=O)O)c1nc(C(=O)O)c2ccccn12. The van der Waals surface area contributed by atoms with E-state index in [0.29, 0.717) is 11.9 Å². The average molecular weight is 248 g/mol. The van der Waals surface area contributed by atoms with Crippen molar-refractivity contribution in [3.05, 3.63) is 35.9 Å². The zero-order chi connectivity index (χ0) is 13.3. The van der Waals surface area contributed by atoms with E-state index in [2.05, 4.69) is 4.98 Å². The first-order chi connectivity index (χ1) is 8.56. The van der Waals surface area contributed by atoms with Crippen molar-refractivity contribution in [1.29, 1.82) is 0 Å². The molecule has 18 heavy (non-hydrogen) atoms. The molecular weight excluding hydrogens is 236 g/mol. The number of fused-ring (bicyclic) bond motifs is 1. The van der Waals surface area contributed by atoms with Gasteiger partial charge in [0.25, 0.3) is 0 Å². The Balaban J connectivity index is 2.71. The molecule has 2 rings (SSSR count). The molecule has 1 atom stereocenters. The van der Waals surface area contributed by atoms with Crippen molar-refractivity contribution in [2.45, 2.75) is 19.3 Å². The van der Waals surface area contributed by atoms with Crippen molar-refractivity contribution < 1.29 is 19.8 Å². The van der Waals surface area contributed by atoms with E-state index < -0.39 is 17.9 Å². The maximum Gasteiger partial charge on any atom is 0.356 e. The van der Waals surface area contributed by atoms with E-state index in [9.17, 15) is 9.59 Å². The lowest BCUT2D eigenvalue weighted by Crippen LogP contribution is -2.14. The van der Waals surface area contributed by atoms with Crippen LogP contribution in [-0.4, -0.2) is 31.5 Å². The Morgan fingerprint density at radius 1 is 1.39 bits per heavy atom. The van der Waals surface area contributed by atoms with Crippen LogP contribution in [0.5, 0.6) is 0 Å². The van der Waals surface area contributed by atoms with Crippen molar-refractivity contribution in [3.63, 3.8) is 0 Å². The molecule has 0 amide bonds. The number of hydrogen-bond acceptors (Lipinski definition) is 3. The summed E-state index contributed by atoms with van der Waals surface area (Å²) >= 11 is 0. The fourth-order valence-electron chi connectivity index (χ4n) is 1.93. The van der Waals surface area contributed by atoms with Crippen molar-refractivity contribution in [3.8, 4) is 0 Å². The monoisotopic (exact) mass is 248 g/mol. The van der Waals surface area contributed by atoms with Gasteiger partial charge in [-0.05, 0) is 18.6 Å². The van der Waals surface area contributed by atoms with E-state index in [1.807, 2.05) is 0 Å². The maximum atomic E-state index is 11.2. The zero-order valence-electron chi connectivity index (χ0n) is 9.70. The fraction of sp³-hybridized carbons (Fsp3) is 0.250. The Kier molecular flexibility index (Phi) is 3.01. The van der Waals surface area contributed by atoms with E-state index in [0.717, 1.165) is 0 Å². The van der Waals surface area contributed by atoms with E-state index in [4.69, 9.17) is 10.2 Å². The van der Waals surface area contributed by atoms with Crippen LogP contribution in [-0.2, 0) is 4.79 Å². The quantitative estimate of drug-likeness (QED) is 0.857. The highest BCUT2D eigenvalue weighted by molar-refractivity contribution is 5.94. The van der Waals surface area contributed by atoms with Crippen molar-refractivity contribution in [1.82, 2.24) is 9.38 Å². The summed E-state index contributed by atoms with van der Waals surface area (Å²) in [6.45, 7) is 1.73. The summed E-state index contributed by atoms with van der Waals surface area (Å²) in [7, 11) is 0. The van der Waals surface area contributed by atoms with Gasteiger partial charge in [0.05, 0.1) is 5.52 Å². The molecule has 0 spiro atoms. The third-order valence-corrected chi connectivity index (χ3v) is 2.80. The molecular formula is C12H12N2O4. The second-order valence-corrected chi connectivity index (χ2v) is 3.88. The van der Waals surface area contributed by atoms with Gasteiger partial charge in [0, 0.05) is 6.20 Å². The molecule has 94 valence electrons. The summed E-state index contributed by atoms with van der Waals surface area (Å²) in [5.41, 5.74) is 0.282. The van der Waals surface area contributed by atoms with E-state index >= 15 is 0 Å². The van der Waals surface area contributed by atoms with Crippen molar-refractivity contribution in [2.75, 3.05) is 0 Å². The third kappa shape index (κ3) is 1.81. The van der Waals surface area contributed by atoms with Crippen LogP contribution in [0.15, 0.2) is 24.4 Å². The lowest BCUT2D eigenvalue weighted by Gasteiger charge is -2.07. The van der Waals surface area contributed by atoms with Gasteiger partial charge in [-0.15, -0.1) is 0 Å². The number of carbonyl (C=O) groups is 2. The third-order valence-electron chi connectivity index (χ3n) is 2.80. The Labute approximate surface area is 103 Å². The maximum absolute atomic E-state index is 11.2. The Morgan fingerprint density at radius 2 is 2.11 bits per heavy atom. The summed E-state index contributed by atoms with van der Waals surface area (Å²) in [6.07, 6.45) is 1.97. The van der Waals surface area contributed by atoms with Gasteiger partial charge in [-0.1, -0.05) is 13.0 Å². The van der Waals surface area contributed by atoms with Gasteiger partial charge in [-0.25, -0.2) is 9.78 Å². The topological polar surface area (TPSA) is 91.9 Å². The van der Waals surface area contributed by atoms with Crippen molar-refractivity contribution >= 4 is 17.5 Å². The molecule has 2 aromatic heterocycles. The number of carboxylic acid groups (broad SMARTS) is 2. The first-order valence-electron chi connectivity index (χ1n) is 5.49. The number of pyridine rings is 1. The van der Waals surface area contributed by atoms with Gasteiger partial charge in [0.2, 0.25) is 0 Å². The van der Waals surface area contributed by atoms with Gasteiger partial charge >= 0.3 is 11.9 Å². The fourth-order valence-corrected chi connectivity index (χ4v) is 1.93. The highest BCUT2D eigenvalue weighted by Gasteiger charge is 2.26. The highest BCUT2D eigenvalue weighted by Crippen LogP contribution is 2.22. The molecule has 0 aliphatic carbocycles. The summed E-state index contributed by atoms with van der Waals surface area (Å²) in [5.74, 6) is -2.73. The molecule has 0 aliphatic rings. The molecule has 2 heterocycles. The molecule has 0 saturated carbocycles. The predicted octanol–water partition coefficient (Wildman–Crippen LogP) is 1.61. The van der Waals surface area contributed by atoms with Crippen molar-refractivity contribution in [2.24, 2.45) is 0 Å². The van der Waals surface area contributed by atoms with Gasteiger partial charge in [-0.2, -0.15) is 0 Å². The largest absolute Gasteiger partial charge is 0.481 e. The van der Waals surface area contributed by atoms with Crippen LogP contribution in [0.3, 0.4) is 0 Å². The molecule has 0 radical (unpaired) electrons. The summed E-state index contributed by atoms with van der Waals surface area (Å²) in [5, 5.41) is 18.2. The van der Waals surface area contributed by atoms with Gasteiger partial charge in [0.15, 0.2) is 5.69 Å². The van der Waals surface area contributed by atoms with Gasteiger partial charge < -0.3 is 14.6 Å². The molecule has 2 aromatic rings. The van der Waals surface area contributed by atoms with E-state index in [1.165, 1.54) is 4.40 Å². The molecule has 0 fully saturated rings. The molecule has 2 N–H and O–H groups in total. The minimum absolute atomic E-state index is 0.120. The number of imidazole rings is 1. The highest BCUT2D eigenvalue weighted by atomic mass is 16.4. The van der Waals surface area contributed by atoms with E-state index in [1.54, 1.807) is 31.3 Å². The van der Waals surface area contributed by atoms with Gasteiger partial charge in [0.1, 0.15) is 11.7 Å². The lowest BCUT2D eigenvalue weighted by molar-refractivity contribution is -0.139. The zero-order valence-corrected chi connectivity index (χ0v) is 9.70. The van der Waals surface area contributed by atoms with Crippen LogP contribution in [0.1, 0.15) is 35.6 Å². The first kappa shape index (κ1) is 12.1. The number of aromatic carboxylic acids is 1. The van der Waals surface area contributed by atoms with Crippen LogP contribution in [0.2, 0.25) is 0 Å². The number of hydrogen-bond donors (Lipinski definition) is 2. The summed E-state index contributed by atoms with van der Waals surface area (Å²) in [6, 6.07) is 5.00. The molecule has 1 unspecified atom stereocenters.